The highest BCUT2D eigenvalue weighted by molar-refractivity contribution is 9.10. The molecule has 2 aliphatic rings. The topological polar surface area (TPSA) is 20.3 Å². The predicted molar refractivity (Wildman–Crippen MR) is 92.4 cm³/mol. The van der Waals surface area contributed by atoms with Gasteiger partial charge in [-0.2, -0.15) is 0 Å². The maximum Gasteiger partial charge on any atom is 0.233 e. The van der Waals surface area contributed by atoms with Crippen molar-refractivity contribution in [2.45, 2.75) is 56.4 Å². The molecule has 2 saturated carbocycles. The number of thioether (sulfide) groups is 1. The number of nitrogens with zero attached hydrogens (tertiary/aromatic N) is 1. The molecule has 0 bridgehead atoms. The second-order valence-corrected chi connectivity index (χ2v) is 7.99. The highest BCUT2D eigenvalue weighted by atomic mass is 79.9. The summed E-state index contributed by atoms with van der Waals surface area (Å²) in [7, 11) is 0. The van der Waals surface area contributed by atoms with E-state index in [1.165, 1.54) is 44.1 Å². The highest BCUT2D eigenvalue weighted by Crippen LogP contribution is 2.35. The van der Waals surface area contributed by atoms with Gasteiger partial charge in [-0.15, -0.1) is 11.8 Å². The van der Waals surface area contributed by atoms with Crippen LogP contribution in [0.25, 0.3) is 0 Å². The molecule has 2 fully saturated rings. The number of amides is 1. The van der Waals surface area contributed by atoms with Gasteiger partial charge in [0.1, 0.15) is 0 Å². The van der Waals surface area contributed by atoms with Crippen LogP contribution in [0, 0.1) is 0 Å². The second-order valence-electron chi connectivity index (χ2n) is 6.09. The van der Waals surface area contributed by atoms with E-state index in [1.807, 2.05) is 0 Å². The van der Waals surface area contributed by atoms with Gasteiger partial charge >= 0.3 is 0 Å². The minimum atomic E-state index is 0.367. The fourth-order valence-electron chi connectivity index (χ4n) is 3.15. The van der Waals surface area contributed by atoms with Crippen LogP contribution in [0.5, 0.6) is 0 Å². The first-order valence-corrected chi connectivity index (χ1v) is 9.82. The molecule has 0 aromatic heterocycles. The largest absolute Gasteiger partial charge is 0.336 e. The van der Waals surface area contributed by atoms with Gasteiger partial charge in [0.05, 0.1) is 5.75 Å². The number of hydrogen-bond acceptors (Lipinski definition) is 2. The number of benzene rings is 1. The molecule has 0 saturated heterocycles. The molecule has 0 atom stereocenters. The average Bonchev–Trinajstić information content (AvgIpc) is 3.16. The summed E-state index contributed by atoms with van der Waals surface area (Å²) in [5.74, 6) is 1.91. The van der Waals surface area contributed by atoms with Gasteiger partial charge in [-0.3, -0.25) is 4.79 Å². The molecule has 0 radical (unpaired) electrons. The molecule has 0 N–H and O–H groups in total. The molecular formula is C17H22BrNOS. The molecule has 2 nitrogen and oxygen atoms in total. The van der Waals surface area contributed by atoms with E-state index in [1.54, 1.807) is 11.8 Å². The first kappa shape index (κ1) is 15.4. The third-order valence-electron chi connectivity index (χ3n) is 4.35. The molecule has 1 amide bonds. The fraction of sp³-hybridized carbons (Fsp3) is 0.588. The number of halogens is 1. The molecule has 2 aliphatic carbocycles. The van der Waals surface area contributed by atoms with Crippen molar-refractivity contribution in [2.24, 2.45) is 0 Å². The number of hydrogen-bond donors (Lipinski definition) is 0. The van der Waals surface area contributed by atoms with Crippen molar-refractivity contribution in [3.63, 3.8) is 0 Å². The van der Waals surface area contributed by atoms with Crippen molar-refractivity contribution in [1.82, 2.24) is 4.90 Å². The van der Waals surface area contributed by atoms with E-state index in [9.17, 15) is 4.79 Å². The Balaban J connectivity index is 1.49. The van der Waals surface area contributed by atoms with Gasteiger partial charge in [-0.1, -0.05) is 40.9 Å². The Morgan fingerprint density at radius 1 is 1.10 bits per heavy atom. The van der Waals surface area contributed by atoms with Gasteiger partial charge in [0.25, 0.3) is 0 Å². The molecule has 4 heteroatoms. The van der Waals surface area contributed by atoms with Gasteiger partial charge < -0.3 is 4.90 Å². The summed E-state index contributed by atoms with van der Waals surface area (Å²) in [5, 5.41) is 0. The van der Waals surface area contributed by atoms with Crippen molar-refractivity contribution in [2.75, 3.05) is 5.75 Å². The lowest BCUT2D eigenvalue weighted by Gasteiger charge is -2.29. The molecule has 1 aromatic rings. The summed E-state index contributed by atoms with van der Waals surface area (Å²) in [6, 6.07) is 9.47. The zero-order valence-corrected chi connectivity index (χ0v) is 14.7. The Kier molecular flexibility index (Phi) is 5.28. The summed E-state index contributed by atoms with van der Waals surface area (Å²) in [6.45, 7) is 0. The lowest BCUT2D eigenvalue weighted by molar-refractivity contribution is -0.131. The predicted octanol–water partition coefficient (Wildman–Crippen LogP) is 4.62. The minimum absolute atomic E-state index is 0.367. The molecule has 1 aromatic carbocycles. The van der Waals surface area contributed by atoms with Crippen LogP contribution in [0.15, 0.2) is 28.7 Å². The van der Waals surface area contributed by atoms with Gasteiger partial charge in [0, 0.05) is 22.3 Å². The summed E-state index contributed by atoms with van der Waals surface area (Å²) in [4.78, 5) is 14.8. The molecule has 0 unspecified atom stereocenters. The molecule has 3 rings (SSSR count). The Hall–Kier alpha value is -0.480. The monoisotopic (exact) mass is 367 g/mol. The lowest BCUT2D eigenvalue weighted by Crippen LogP contribution is -2.41. The van der Waals surface area contributed by atoms with E-state index in [2.05, 4.69) is 45.1 Å². The Morgan fingerprint density at radius 3 is 2.33 bits per heavy atom. The number of carbonyl (C=O) groups excluding carboxylic acids is 1. The van der Waals surface area contributed by atoms with Crippen molar-refractivity contribution >= 4 is 33.6 Å². The zero-order chi connectivity index (χ0) is 14.7. The first-order chi connectivity index (χ1) is 10.2. The SMILES string of the molecule is O=C(CSCc1ccc(Br)cc1)N(C1CCCC1)C1CC1. The molecule has 0 spiro atoms. The molecule has 0 heterocycles. The van der Waals surface area contributed by atoms with Gasteiger partial charge in [0.15, 0.2) is 0 Å². The first-order valence-electron chi connectivity index (χ1n) is 7.87. The standard InChI is InChI=1S/C17H22BrNOS/c18-14-7-5-13(6-8-14)11-21-12-17(20)19(16-9-10-16)15-3-1-2-4-15/h5-8,15-16H,1-4,9-12H2. The van der Waals surface area contributed by atoms with Crippen molar-refractivity contribution in [3.05, 3.63) is 34.3 Å². The van der Waals surface area contributed by atoms with Gasteiger partial charge in [-0.25, -0.2) is 0 Å². The third kappa shape index (κ3) is 4.26. The van der Waals surface area contributed by atoms with Crippen molar-refractivity contribution < 1.29 is 4.79 Å². The Labute approximate surface area is 139 Å². The van der Waals surface area contributed by atoms with Crippen LogP contribution in [-0.4, -0.2) is 28.6 Å². The van der Waals surface area contributed by atoms with E-state index in [0.717, 1.165) is 10.2 Å². The van der Waals surface area contributed by atoms with Gasteiger partial charge in [-0.05, 0) is 43.4 Å². The normalized spacial score (nSPS) is 18.9. The van der Waals surface area contributed by atoms with E-state index < -0.39 is 0 Å². The van der Waals surface area contributed by atoms with Crippen LogP contribution in [-0.2, 0) is 10.5 Å². The number of carbonyl (C=O) groups is 1. The summed E-state index contributed by atoms with van der Waals surface area (Å²) >= 11 is 5.19. The molecule has 21 heavy (non-hydrogen) atoms. The van der Waals surface area contributed by atoms with Gasteiger partial charge in [0.2, 0.25) is 5.91 Å². The maximum atomic E-state index is 12.6. The van der Waals surface area contributed by atoms with E-state index >= 15 is 0 Å². The average molecular weight is 368 g/mol. The van der Waals surface area contributed by atoms with E-state index in [-0.39, 0.29) is 0 Å². The highest BCUT2D eigenvalue weighted by Gasteiger charge is 2.37. The molecule has 0 aliphatic heterocycles. The summed E-state index contributed by atoms with van der Waals surface area (Å²) in [6.07, 6.45) is 7.49. The Bertz CT molecular complexity index is 480. The summed E-state index contributed by atoms with van der Waals surface area (Å²) in [5.41, 5.74) is 1.29. The smallest absolute Gasteiger partial charge is 0.233 e. The fourth-order valence-corrected chi connectivity index (χ4v) is 4.27. The van der Waals surface area contributed by atoms with Crippen LogP contribution >= 0.6 is 27.7 Å². The van der Waals surface area contributed by atoms with Crippen LogP contribution in [0.4, 0.5) is 0 Å². The van der Waals surface area contributed by atoms with E-state index in [0.29, 0.717) is 23.7 Å². The van der Waals surface area contributed by atoms with Crippen LogP contribution in [0.3, 0.4) is 0 Å². The Morgan fingerprint density at radius 2 is 1.71 bits per heavy atom. The zero-order valence-electron chi connectivity index (χ0n) is 12.3. The molecule has 114 valence electrons. The third-order valence-corrected chi connectivity index (χ3v) is 5.87. The second kappa shape index (κ2) is 7.19. The molecular weight excluding hydrogens is 346 g/mol. The quantitative estimate of drug-likeness (QED) is 0.731. The minimum Gasteiger partial charge on any atom is -0.336 e. The lowest BCUT2D eigenvalue weighted by atomic mass is 10.2. The summed E-state index contributed by atoms with van der Waals surface area (Å²) < 4.78 is 1.11. The number of rotatable bonds is 6. The van der Waals surface area contributed by atoms with Crippen LogP contribution < -0.4 is 0 Å². The van der Waals surface area contributed by atoms with Crippen LogP contribution in [0.2, 0.25) is 0 Å². The maximum absolute atomic E-state index is 12.6. The van der Waals surface area contributed by atoms with Crippen LogP contribution in [0.1, 0.15) is 44.1 Å². The van der Waals surface area contributed by atoms with Crippen molar-refractivity contribution in [1.29, 1.82) is 0 Å². The van der Waals surface area contributed by atoms with E-state index in [4.69, 9.17) is 0 Å². The van der Waals surface area contributed by atoms with Crippen molar-refractivity contribution in [3.8, 4) is 0 Å².